The number of nitrogens with zero attached hydrogens (tertiary/aromatic N) is 5. The standard InChI is InChI=1S/C23H21N5O4S/c1-13(2)19-20(26-25-16-8-4-15(5-9-16)22(30)31)21(29)28(27-19)23-24-18(12-33-23)14-6-10-17(32-3)11-7-14/h4-13,20H,1-3H3,(H,30,31)/b26-25+. The third-order valence-electron chi connectivity index (χ3n) is 4.99. The van der Waals surface area contributed by atoms with Gasteiger partial charge in [-0.25, -0.2) is 9.78 Å². The van der Waals surface area contributed by atoms with Gasteiger partial charge in [-0.15, -0.1) is 11.3 Å². The average molecular weight is 464 g/mol. The van der Waals surface area contributed by atoms with Gasteiger partial charge in [0.2, 0.25) is 5.13 Å². The van der Waals surface area contributed by atoms with Crippen LogP contribution in [0, 0.1) is 5.92 Å². The molecule has 168 valence electrons. The second kappa shape index (κ2) is 9.29. The minimum atomic E-state index is -1.02. The number of aromatic carboxylic acids is 1. The quantitative estimate of drug-likeness (QED) is 0.493. The Hall–Kier alpha value is -3.92. The maximum Gasteiger partial charge on any atom is 0.335 e. The van der Waals surface area contributed by atoms with Crippen LogP contribution in [0.2, 0.25) is 0 Å². The largest absolute Gasteiger partial charge is 0.497 e. The van der Waals surface area contributed by atoms with Crippen LogP contribution < -0.4 is 9.75 Å². The zero-order valence-corrected chi connectivity index (χ0v) is 19.0. The number of carboxylic acid groups (broad SMARTS) is 1. The summed E-state index contributed by atoms with van der Waals surface area (Å²) in [7, 11) is 1.61. The van der Waals surface area contributed by atoms with Gasteiger partial charge >= 0.3 is 5.97 Å². The summed E-state index contributed by atoms with van der Waals surface area (Å²) < 4.78 is 5.19. The van der Waals surface area contributed by atoms with Crippen molar-refractivity contribution in [1.82, 2.24) is 4.98 Å². The smallest absolute Gasteiger partial charge is 0.335 e. The minimum absolute atomic E-state index is 0.0293. The molecule has 1 atom stereocenters. The van der Waals surface area contributed by atoms with E-state index in [0.29, 0.717) is 16.5 Å². The first-order chi connectivity index (χ1) is 15.9. The zero-order chi connectivity index (χ0) is 23.5. The summed E-state index contributed by atoms with van der Waals surface area (Å²) in [4.78, 5) is 28.7. The van der Waals surface area contributed by atoms with Gasteiger partial charge in [0.25, 0.3) is 5.91 Å². The number of carbonyl (C=O) groups excluding carboxylic acids is 1. The number of aromatic nitrogens is 1. The monoisotopic (exact) mass is 463 g/mol. The number of azo groups is 1. The summed E-state index contributed by atoms with van der Waals surface area (Å²) in [5.41, 5.74) is 2.82. The van der Waals surface area contributed by atoms with E-state index in [9.17, 15) is 9.59 Å². The van der Waals surface area contributed by atoms with Crippen LogP contribution in [0.1, 0.15) is 24.2 Å². The number of rotatable bonds is 7. The predicted octanol–water partition coefficient (Wildman–Crippen LogP) is 5.03. The van der Waals surface area contributed by atoms with Crippen molar-refractivity contribution in [3.8, 4) is 17.0 Å². The molecule has 2 heterocycles. The second-order valence-electron chi connectivity index (χ2n) is 7.54. The lowest BCUT2D eigenvalue weighted by atomic mass is 10.0. The lowest BCUT2D eigenvalue weighted by Crippen LogP contribution is -2.31. The number of thiazole rings is 1. The second-order valence-corrected chi connectivity index (χ2v) is 8.38. The molecule has 0 radical (unpaired) electrons. The van der Waals surface area contributed by atoms with Gasteiger partial charge < -0.3 is 9.84 Å². The number of amides is 1. The van der Waals surface area contributed by atoms with Crippen molar-refractivity contribution in [1.29, 1.82) is 0 Å². The topological polar surface area (TPSA) is 117 Å². The van der Waals surface area contributed by atoms with Crippen molar-refractivity contribution in [3.05, 3.63) is 59.5 Å². The molecule has 10 heteroatoms. The van der Waals surface area contributed by atoms with Gasteiger partial charge in [0.15, 0.2) is 6.04 Å². The third-order valence-corrected chi connectivity index (χ3v) is 5.81. The van der Waals surface area contributed by atoms with E-state index in [-0.39, 0.29) is 17.4 Å². The third kappa shape index (κ3) is 4.65. The fourth-order valence-corrected chi connectivity index (χ4v) is 3.98. The highest BCUT2D eigenvalue weighted by molar-refractivity contribution is 7.14. The lowest BCUT2D eigenvalue weighted by Gasteiger charge is -2.08. The maximum absolute atomic E-state index is 13.1. The highest BCUT2D eigenvalue weighted by atomic mass is 32.1. The number of carboxylic acids is 1. The summed E-state index contributed by atoms with van der Waals surface area (Å²) >= 11 is 1.32. The number of ether oxygens (including phenoxy) is 1. The van der Waals surface area contributed by atoms with Crippen molar-refractivity contribution in [2.24, 2.45) is 21.2 Å². The number of hydrogen-bond acceptors (Lipinski definition) is 8. The van der Waals surface area contributed by atoms with E-state index in [1.165, 1.54) is 40.6 Å². The Morgan fingerprint density at radius 3 is 2.45 bits per heavy atom. The molecule has 1 aliphatic heterocycles. The molecule has 1 N–H and O–H groups in total. The van der Waals surface area contributed by atoms with Gasteiger partial charge in [-0.05, 0) is 54.4 Å². The van der Waals surface area contributed by atoms with Crippen LogP contribution in [0.15, 0.2) is 69.2 Å². The first kappa shape index (κ1) is 22.3. The highest BCUT2D eigenvalue weighted by Crippen LogP contribution is 2.32. The Morgan fingerprint density at radius 2 is 1.85 bits per heavy atom. The van der Waals surface area contributed by atoms with E-state index in [0.717, 1.165) is 17.0 Å². The normalized spacial score (nSPS) is 16.0. The molecule has 0 saturated heterocycles. The summed E-state index contributed by atoms with van der Waals surface area (Å²) in [6.07, 6.45) is 0. The van der Waals surface area contributed by atoms with Crippen molar-refractivity contribution < 1.29 is 19.4 Å². The van der Waals surface area contributed by atoms with Crippen LogP contribution >= 0.6 is 11.3 Å². The van der Waals surface area contributed by atoms with Gasteiger partial charge in [-0.1, -0.05) is 13.8 Å². The van der Waals surface area contributed by atoms with Crippen LogP contribution in [-0.4, -0.2) is 40.8 Å². The molecular formula is C23H21N5O4S. The molecule has 1 unspecified atom stereocenters. The zero-order valence-electron chi connectivity index (χ0n) is 18.2. The van der Waals surface area contributed by atoms with Gasteiger partial charge in [0, 0.05) is 10.9 Å². The van der Waals surface area contributed by atoms with Crippen LogP contribution in [0.3, 0.4) is 0 Å². The Balaban J connectivity index is 1.56. The molecule has 1 aromatic heterocycles. The summed E-state index contributed by atoms with van der Waals surface area (Å²) in [5, 5.41) is 25.5. The number of anilines is 1. The van der Waals surface area contributed by atoms with E-state index in [1.54, 1.807) is 7.11 Å². The van der Waals surface area contributed by atoms with E-state index >= 15 is 0 Å². The Bertz CT molecular complexity index is 1230. The summed E-state index contributed by atoms with van der Waals surface area (Å²) in [6, 6.07) is 12.6. The minimum Gasteiger partial charge on any atom is -0.497 e. The van der Waals surface area contributed by atoms with Crippen molar-refractivity contribution in [2.75, 3.05) is 12.1 Å². The molecular weight excluding hydrogens is 442 g/mol. The lowest BCUT2D eigenvalue weighted by molar-refractivity contribution is -0.117. The molecule has 0 bridgehead atoms. The van der Waals surface area contributed by atoms with E-state index in [2.05, 4.69) is 20.3 Å². The molecule has 0 spiro atoms. The first-order valence-electron chi connectivity index (χ1n) is 10.1. The van der Waals surface area contributed by atoms with Gasteiger partial charge in [0.1, 0.15) is 5.75 Å². The van der Waals surface area contributed by atoms with Crippen molar-refractivity contribution in [2.45, 2.75) is 19.9 Å². The van der Waals surface area contributed by atoms with E-state index in [4.69, 9.17) is 9.84 Å². The van der Waals surface area contributed by atoms with Crippen LogP contribution in [0.4, 0.5) is 10.8 Å². The number of benzene rings is 2. The molecule has 1 amide bonds. The first-order valence-corrected chi connectivity index (χ1v) is 11.0. The highest BCUT2D eigenvalue weighted by Gasteiger charge is 2.39. The van der Waals surface area contributed by atoms with Gasteiger partial charge in [0.05, 0.1) is 29.8 Å². The molecule has 4 rings (SSSR count). The molecule has 0 fully saturated rings. The Labute approximate surface area is 194 Å². The van der Waals surface area contributed by atoms with Crippen molar-refractivity contribution in [3.63, 3.8) is 0 Å². The molecule has 3 aromatic rings. The number of carbonyl (C=O) groups is 2. The molecule has 1 aliphatic rings. The van der Waals surface area contributed by atoms with Gasteiger partial charge in [-0.2, -0.15) is 20.3 Å². The molecule has 2 aromatic carbocycles. The predicted molar refractivity (Wildman–Crippen MR) is 126 cm³/mol. The van der Waals surface area contributed by atoms with Crippen molar-refractivity contribution >= 4 is 39.7 Å². The van der Waals surface area contributed by atoms with Crippen LogP contribution in [-0.2, 0) is 4.79 Å². The molecule has 9 nitrogen and oxygen atoms in total. The molecule has 0 saturated carbocycles. The fraction of sp³-hybridized carbons (Fsp3) is 0.217. The maximum atomic E-state index is 13.1. The summed E-state index contributed by atoms with van der Waals surface area (Å²) in [5.74, 6) is -0.633. The van der Waals surface area contributed by atoms with Gasteiger partial charge in [-0.3, -0.25) is 4.79 Å². The van der Waals surface area contributed by atoms with Crippen LogP contribution in [0.5, 0.6) is 5.75 Å². The molecule has 33 heavy (non-hydrogen) atoms. The number of hydrogen-bond donors (Lipinski definition) is 1. The summed E-state index contributed by atoms with van der Waals surface area (Å²) in [6.45, 7) is 3.87. The van der Waals surface area contributed by atoms with Crippen LogP contribution in [0.25, 0.3) is 11.3 Å². The molecule has 0 aliphatic carbocycles. The number of hydrazone groups is 1. The fourth-order valence-electron chi connectivity index (χ4n) is 3.19. The Kier molecular flexibility index (Phi) is 6.27. The van der Waals surface area contributed by atoms with E-state index < -0.39 is 12.0 Å². The SMILES string of the molecule is COc1ccc(-c2csc(N3N=C(C(C)C)C(/N=N/c4ccc(C(=O)O)cc4)C3=O)n2)cc1. The number of methoxy groups -OCH3 is 1. The average Bonchev–Trinajstić information content (AvgIpc) is 3.43. The Morgan fingerprint density at radius 1 is 1.15 bits per heavy atom. The van der Waals surface area contributed by atoms with E-state index in [1.807, 2.05) is 43.5 Å².